The van der Waals surface area contributed by atoms with Crippen LogP contribution in [0.2, 0.25) is 0 Å². The van der Waals surface area contributed by atoms with Crippen LogP contribution in [-0.4, -0.2) is 16.5 Å². The number of allylic oxidation sites excluding steroid dienone is 2. The zero-order valence-electron chi connectivity index (χ0n) is 12.1. The van der Waals surface area contributed by atoms with Gasteiger partial charge in [-0.05, 0) is 22.9 Å². The van der Waals surface area contributed by atoms with E-state index >= 15 is 0 Å². The molecule has 17 heavy (non-hydrogen) atoms. The summed E-state index contributed by atoms with van der Waals surface area (Å²) in [5.74, 6) is 0. The molecular formula is C13H27Cl2PPd. The maximum absolute atomic E-state index is 4.81. The molecule has 0 heterocycles. The number of halogens is 2. The van der Waals surface area contributed by atoms with Crippen molar-refractivity contribution in [2.45, 2.75) is 65.2 Å². The average molecular weight is 392 g/mol. The van der Waals surface area contributed by atoms with E-state index in [-0.39, 0.29) is 23.9 Å². The van der Waals surface area contributed by atoms with E-state index in [1.165, 1.54) is 6.16 Å². The van der Waals surface area contributed by atoms with Crippen molar-refractivity contribution < 1.29 is 15.9 Å². The minimum atomic E-state index is -0.106. The molecule has 0 aromatic rings. The van der Waals surface area contributed by atoms with E-state index in [2.05, 4.69) is 60.6 Å². The van der Waals surface area contributed by atoms with Crippen molar-refractivity contribution in [1.82, 2.24) is 0 Å². The molecular weight excluding hydrogens is 364 g/mol. The van der Waals surface area contributed by atoms with E-state index in [0.29, 0.717) is 10.3 Å². The topological polar surface area (TPSA) is 0 Å². The van der Waals surface area contributed by atoms with Gasteiger partial charge in [-0.2, -0.15) is 0 Å². The summed E-state index contributed by atoms with van der Waals surface area (Å²) in [4.78, 5) is 0. The van der Waals surface area contributed by atoms with Gasteiger partial charge < -0.3 is 0 Å². The van der Waals surface area contributed by atoms with Gasteiger partial charge in [0.1, 0.15) is 0 Å². The Morgan fingerprint density at radius 2 is 1.29 bits per heavy atom. The summed E-state index contributed by atoms with van der Waals surface area (Å²) >= 11 is -0.106. The third kappa shape index (κ3) is 12.2. The van der Waals surface area contributed by atoms with Crippen molar-refractivity contribution >= 4 is 27.0 Å². The van der Waals surface area contributed by atoms with Crippen LogP contribution in [0.1, 0.15) is 54.9 Å². The molecule has 108 valence electrons. The first-order valence-corrected chi connectivity index (χ1v) is 11.4. The summed E-state index contributed by atoms with van der Waals surface area (Å²) in [6, 6.07) is 0. The van der Waals surface area contributed by atoms with Gasteiger partial charge in [0.15, 0.2) is 0 Å². The molecule has 0 aliphatic rings. The molecule has 0 N–H and O–H groups in total. The Hall–Kier alpha value is 1.41. The van der Waals surface area contributed by atoms with E-state index in [0.717, 1.165) is 6.42 Å². The Labute approximate surface area is 126 Å². The molecule has 0 nitrogen and oxygen atoms in total. The van der Waals surface area contributed by atoms with Crippen LogP contribution >= 0.6 is 27.0 Å². The summed E-state index contributed by atoms with van der Waals surface area (Å²) in [6.45, 7) is 16.5. The molecule has 0 aliphatic heterocycles. The molecule has 0 radical (unpaired) electrons. The fraction of sp³-hybridized carbons (Fsp3) is 0.846. The van der Waals surface area contributed by atoms with Crippen molar-refractivity contribution in [3.63, 3.8) is 0 Å². The fourth-order valence-corrected chi connectivity index (χ4v) is 5.37. The molecule has 0 atom stereocenters. The van der Waals surface area contributed by atoms with Crippen molar-refractivity contribution in [2.75, 3.05) is 6.16 Å². The second-order valence-corrected chi connectivity index (χ2v) is 12.1. The predicted molar refractivity (Wildman–Crippen MR) is 82.4 cm³/mol. The van der Waals surface area contributed by atoms with Crippen molar-refractivity contribution in [3.8, 4) is 0 Å². The molecule has 0 aliphatic carbocycles. The molecule has 0 spiro atoms. The molecule has 0 amide bonds. The summed E-state index contributed by atoms with van der Waals surface area (Å²) in [5.41, 5.74) is 0. The monoisotopic (exact) mass is 390 g/mol. The second-order valence-electron chi connectivity index (χ2n) is 5.88. The van der Waals surface area contributed by atoms with Crippen LogP contribution < -0.4 is 0 Å². The van der Waals surface area contributed by atoms with Crippen molar-refractivity contribution in [3.05, 3.63) is 12.2 Å². The number of hydrogen-bond donors (Lipinski definition) is 0. The molecule has 0 aromatic carbocycles. The fourth-order valence-electron chi connectivity index (χ4n) is 1.90. The summed E-state index contributed by atoms with van der Waals surface area (Å²) in [6.07, 6.45) is 7.11. The van der Waals surface area contributed by atoms with Crippen LogP contribution in [0.4, 0.5) is 0 Å². The van der Waals surface area contributed by atoms with Gasteiger partial charge in [0.05, 0.1) is 0 Å². The molecule has 0 aromatic heterocycles. The quantitative estimate of drug-likeness (QED) is 0.296. The van der Waals surface area contributed by atoms with Crippen molar-refractivity contribution in [2.24, 2.45) is 0 Å². The zero-order valence-corrected chi connectivity index (χ0v) is 16.0. The van der Waals surface area contributed by atoms with E-state index in [4.69, 9.17) is 19.1 Å². The number of rotatable bonds is 3. The van der Waals surface area contributed by atoms with Crippen LogP contribution in [-0.2, 0) is 15.9 Å². The molecule has 0 rings (SSSR count). The number of hydrogen-bond acceptors (Lipinski definition) is 0. The predicted octanol–water partition coefficient (Wildman–Crippen LogP) is 6.41. The minimum absolute atomic E-state index is 0.0588. The normalized spacial score (nSPS) is 13.1. The first-order valence-electron chi connectivity index (χ1n) is 5.86. The molecule has 0 unspecified atom stereocenters. The SMILES string of the molecule is CCC=CCP(C(C)(C)C)C(C)(C)C.[Cl][Pd][Cl]. The Balaban J connectivity index is 0. The molecule has 0 saturated heterocycles. The maximum atomic E-state index is 4.81. The van der Waals surface area contributed by atoms with Gasteiger partial charge in [-0.15, -0.1) is 0 Å². The average Bonchev–Trinajstić information content (AvgIpc) is 2.09. The van der Waals surface area contributed by atoms with E-state index in [9.17, 15) is 0 Å². The summed E-state index contributed by atoms with van der Waals surface area (Å²) < 4.78 is 0. The Morgan fingerprint density at radius 1 is 0.941 bits per heavy atom. The molecule has 0 fully saturated rings. The van der Waals surface area contributed by atoms with Crippen molar-refractivity contribution in [1.29, 1.82) is 0 Å². The summed E-state index contributed by atoms with van der Waals surface area (Å²) in [5, 5.41) is 0.928. The summed E-state index contributed by atoms with van der Waals surface area (Å²) in [7, 11) is 9.69. The standard InChI is InChI=1S/C13H27P.2ClH.Pd/c1-8-9-10-11-14(12(2,3)4)13(5,6)7;;;/h9-10H,8,11H2,1-7H3;2*1H;/q;;;+2/p-2. The van der Waals surface area contributed by atoms with E-state index in [1.807, 2.05) is 0 Å². The van der Waals surface area contributed by atoms with Crippen LogP contribution in [0.25, 0.3) is 0 Å². The van der Waals surface area contributed by atoms with Crippen LogP contribution in [0.3, 0.4) is 0 Å². The van der Waals surface area contributed by atoms with Gasteiger partial charge in [0.25, 0.3) is 0 Å². The van der Waals surface area contributed by atoms with E-state index in [1.54, 1.807) is 0 Å². The van der Waals surface area contributed by atoms with Gasteiger partial charge >= 0.3 is 35.0 Å². The zero-order chi connectivity index (χ0) is 14.1. The molecule has 0 saturated carbocycles. The van der Waals surface area contributed by atoms with Crippen LogP contribution in [0, 0.1) is 0 Å². The van der Waals surface area contributed by atoms with Gasteiger partial charge in [0, 0.05) is 0 Å². The third-order valence-corrected chi connectivity index (χ3v) is 6.12. The van der Waals surface area contributed by atoms with Gasteiger partial charge in [-0.1, -0.05) is 68.5 Å². The molecule has 0 bridgehead atoms. The Kier molecular flexibility index (Phi) is 12.5. The second kappa shape index (κ2) is 10.2. The van der Waals surface area contributed by atoms with Gasteiger partial charge in [-0.25, -0.2) is 0 Å². The first kappa shape index (κ1) is 20.7. The third-order valence-electron chi connectivity index (χ3n) is 2.31. The van der Waals surface area contributed by atoms with Gasteiger partial charge in [-0.3, -0.25) is 0 Å². The van der Waals surface area contributed by atoms with Gasteiger partial charge in [0.2, 0.25) is 0 Å². The van der Waals surface area contributed by atoms with E-state index < -0.39 is 0 Å². The molecule has 4 heteroatoms. The van der Waals surface area contributed by atoms with Crippen LogP contribution in [0.5, 0.6) is 0 Å². The first-order chi connectivity index (χ1) is 7.61. The Morgan fingerprint density at radius 3 is 1.53 bits per heavy atom. The Bertz CT molecular complexity index is 190. The van der Waals surface area contributed by atoms with Crippen LogP contribution in [0.15, 0.2) is 12.2 Å².